The minimum Gasteiger partial charge on any atom is -0.477 e. The van der Waals surface area contributed by atoms with E-state index in [2.05, 4.69) is 30.7 Å². The van der Waals surface area contributed by atoms with Gasteiger partial charge in [0.1, 0.15) is 17.2 Å². The maximum atomic E-state index is 11.5. The van der Waals surface area contributed by atoms with Crippen molar-refractivity contribution >= 4 is 34.5 Å². The highest BCUT2D eigenvalue weighted by atomic mass is 16.4. The van der Waals surface area contributed by atoms with Crippen molar-refractivity contribution < 1.29 is 15.0 Å². The van der Waals surface area contributed by atoms with E-state index in [0.29, 0.717) is 5.82 Å². The highest BCUT2D eigenvalue weighted by molar-refractivity contribution is 5.93. The van der Waals surface area contributed by atoms with Gasteiger partial charge in [-0.1, -0.05) is 0 Å². The molecule has 28 heavy (non-hydrogen) atoms. The van der Waals surface area contributed by atoms with Gasteiger partial charge in [-0.05, 0) is 26.7 Å². The van der Waals surface area contributed by atoms with Gasteiger partial charge in [0.25, 0.3) is 0 Å². The van der Waals surface area contributed by atoms with E-state index in [1.54, 1.807) is 12.4 Å². The van der Waals surface area contributed by atoms with Gasteiger partial charge < -0.3 is 20.8 Å². The van der Waals surface area contributed by atoms with Gasteiger partial charge in [-0.15, -0.1) is 0 Å². The van der Waals surface area contributed by atoms with Crippen LogP contribution in [-0.4, -0.2) is 53.1 Å². The molecule has 1 aliphatic rings. The second-order valence-corrected chi connectivity index (χ2v) is 7.26. The molecule has 0 aromatic carbocycles. The van der Waals surface area contributed by atoms with Crippen LogP contribution in [0.2, 0.25) is 0 Å². The van der Waals surface area contributed by atoms with Gasteiger partial charge in [-0.25, -0.2) is 14.8 Å². The lowest BCUT2D eigenvalue weighted by atomic mass is 10.2. The van der Waals surface area contributed by atoms with E-state index in [-0.39, 0.29) is 30.0 Å². The second kappa shape index (κ2) is 6.71. The molecule has 0 spiro atoms. The van der Waals surface area contributed by atoms with Crippen LogP contribution in [0.15, 0.2) is 24.7 Å². The number of hydrogen-bond acceptors (Lipinski definition) is 8. The van der Waals surface area contributed by atoms with E-state index in [1.807, 2.05) is 24.6 Å². The molecule has 0 amide bonds. The van der Waals surface area contributed by atoms with Crippen LogP contribution in [0.5, 0.6) is 0 Å². The van der Waals surface area contributed by atoms with Crippen LogP contribution in [0.1, 0.15) is 43.1 Å². The van der Waals surface area contributed by atoms with E-state index in [4.69, 9.17) is 0 Å². The summed E-state index contributed by atoms with van der Waals surface area (Å²) in [6, 6.07) is 2.04. The Bertz CT molecular complexity index is 1040. The van der Waals surface area contributed by atoms with Crippen molar-refractivity contribution in [2.75, 3.05) is 17.2 Å². The number of carbonyl (C=O) groups is 1. The number of pyridine rings is 1. The number of carboxylic acid groups (broad SMARTS) is 1. The maximum absolute atomic E-state index is 11.5. The lowest BCUT2D eigenvalue weighted by molar-refractivity contribution is 0.0697. The van der Waals surface area contributed by atoms with Crippen LogP contribution < -0.4 is 10.6 Å². The number of aliphatic hydroxyl groups is 1. The molecule has 0 aliphatic heterocycles. The van der Waals surface area contributed by atoms with Crippen LogP contribution in [0.4, 0.5) is 17.6 Å². The summed E-state index contributed by atoms with van der Waals surface area (Å²) in [6.45, 7) is 4.00. The quantitative estimate of drug-likeness (QED) is 0.483. The topological polar surface area (TPSA) is 138 Å². The van der Waals surface area contributed by atoms with E-state index in [1.165, 1.54) is 6.20 Å². The third kappa shape index (κ3) is 3.33. The number of nitrogens with one attached hydrogen (secondary N) is 2. The van der Waals surface area contributed by atoms with Gasteiger partial charge >= 0.3 is 5.97 Å². The van der Waals surface area contributed by atoms with Crippen LogP contribution in [-0.2, 0) is 0 Å². The molecule has 4 N–H and O–H groups in total. The first-order chi connectivity index (χ1) is 13.4. The van der Waals surface area contributed by atoms with Crippen LogP contribution >= 0.6 is 0 Å². The second-order valence-electron chi connectivity index (χ2n) is 7.26. The predicted octanol–water partition coefficient (Wildman–Crippen LogP) is 2.18. The lowest BCUT2D eigenvalue weighted by Gasteiger charge is -2.17. The number of aliphatic hydroxyl groups excluding tert-OH is 1. The first-order valence-corrected chi connectivity index (χ1v) is 9.00. The molecule has 0 unspecified atom stereocenters. The maximum Gasteiger partial charge on any atom is 0.341 e. The lowest BCUT2D eigenvalue weighted by Crippen LogP contribution is -2.27. The minimum atomic E-state index is -1.14. The summed E-state index contributed by atoms with van der Waals surface area (Å²) in [6.07, 6.45) is 6.22. The predicted molar refractivity (Wildman–Crippen MR) is 103 cm³/mol. The van der Waals surface area contributed by atoms with Crippen LogP contribution in [0, 0.1) is 0 Å². The van der Waals surface area contributed by atoms with E-state index < -0.39 is 11.5 Å². The zero-order chi connectivity index (χ0) is 19.9. The van der Waals surface area contributed by atoms with E-state index in [0.717, 1.165) is 23.7 Å². The highest BCUT2D eigenvalue weighted by Gasteiger charge is 2.43. The Balaban J connectivity index is 1.65. The Hall–Kier alpha value is -3.27. The number of aromatic carboxylic acids is 1. The van der Waals surface area contributed by atoms with Crippen molar-refractivity contribution in [3.63, 3.8) is 0 Å². The van der Waals surface area contributed by atoms with Gasteiger partial charge in [0, 0.05) is 29.9 Å². The molecule has 0 radical (unpaired) electrons. The Labute approximate surface area is 160 Å². The smallest absolute Gasteiger partial charge is 0.341 e. The number of rotatable bonds is 7. The molecule has 0 atom stereocenters. The molecular formula is C18H21N7O3. The van der Waals surface area contributed by atoms with E-state index in [9.17, 15) is 15.0 Å². The molecule has 0 bridgehead atoms. The number of hydrogen-bond donors (Lipinski definition) is 4. The molecule has 3 heterocycles. The number of nitrogens with zero attached hydrogens (tertiary/aromatic N) is 5. The van der Waals surface area contributed by atoms with Gasteiger partial charge in [-0.2, -0.15) is 10.1 Å². The molecule has 4 rings (SSSR count). The van der Waals surface area contributed by atoms with Crippen molar-refractivity contribution in [3.8, 4) is 0 Å². The number of fused-ring (bicyclic) bond motifs is 1. The molecule has 146 valence electrons. The first-order valence-electron chi connectivity index (χ1n) is 9.00. The summed E-state index contributed by atoms with van der Waals surface area (Å²) >= 11 is 0. The molecule has 0 saturated heterocycles. The van der Waals surface area contributed by atoms with Gasteiger partial charge in [-0.3, -0.25) is 4.68 Å². The normalized spacial score (nSPS) is 15.0. The summed E-state index contributed by atoms with van der Waals surface area (Å²) in [5.41, 5.74) is 0.369. The fourth-order valence-electron chi connectivity index (χ4n) is 2.95. The number of aromatic nitrogens is 5. The summed E-state index contributed by atoms with van der Waals surface area (Å²) < 4.78 is 1.89. The Morgan fingerprint density at radius 2 is 2.07 bits per heavy atom. The summed E-state index contributed by atoms with van der Waals surface area (Å²) in [7, 11) is 0. The summed E-state index contributed by atoms with van der Waals surface area (Å²) in [4.78, 5) is 24.2. The first kappa shape index (κ1) is 18.1. The average Bonchev–Trinajstić information content (AvgIpc) is 3.30. The van der Waals surface area contributed by atoms with Crippen molar-refractivity contribution in [2.45, 2.75) is 38.3 Å². The largest absolute Gasteiger partial charge is 0.477 e. The Morgan fingerprint density at radius 3 is 2.71 bits per heavy atom. The third-order valence-corrected chi connectivity index (χ3v) is 4.77. The molecule has 1 fully saturated rings. The molecule has 3 aromatic rings. The van der Waals surface area contributed by atoms with Gasteiger partial charge in [0.05, 0.1) is 23.9 Å². The van der Waals surface area contributed by atoms with Crippen LogP contribution in [0.25, 0.3) is 10.9 Å². The summed E-state index contributed by atoms with van der Waals surface area (Å²) in [5.74, 6) is -0.232. The fraction of sp³-hybridized carbons (Fsp3) is 0.389. The molecule has 10 heteroatoms. The molecular weight excluding hydrogens is 362 g/mol. The SMILES string of the molecule is CC(C)n1ncc2cnc(Nc3ncc(C(=O)O)c(NC4(CO)CC4)n3)cc21. The molecule has 1 saturated carbocycles. The van der Waals surface area contributed by atoms with Crippen molar-refractivity contribution in [3.05, 3.63) is 30.2 Å². The number of carboxylic acids is 1. The zero-order valence-electron chi connectivity index (χ0n) is 15.5. The molecule has 10 nitrogen and oxygen atoms in total. The Morgan fingerprint density at radius 1 is 1.29 bits per heavy atom. The van der Waals surface area contributed by atoms with E-state index >= 15 is 0 Å². The zero-order valence-corrected chi connectivity index (χ0v) is 15.5. The standard InChI is InChI=1S/C18H21N7O3/c1-10(2)25-13-5-14(19-6-11(13)7-21-25)22-17-20-8-12(16(27)28)15(23-17)24-18(9-26)3-4-18/h5-8,10,26H,3-4,9H2,1-2H3,(H,27,28)(H2,19,20,22,23,24). The average molecular weight is 383 g/mol. The third-order valence-electron chi connectivity index (χ3n) is 4.77. The monoisotopic (exact) mass is 383 g/mol. The fourth-order valence-corrected chi connectivity index (χ4v) is 2.95. The van der Waals surface area contributed by atoms with Gasteiger partial charge in [0.2, 0.25) is 5.95 Å². The Kier molecular flexibility index (Phi) is 4.34. The number of anilines is 3. The molecule has 3 aromatic heterocycles. The van der Waals surface area contributed by atoms with Crippen LogP contribution in [0.3, 0.4) is 0 Å². The minimum absolute atomic E-state index is 0.0495. The van der Waals surface area contributed by atoms with Gasteiger partial charge in [0.15, 0.2) is 0 Å². The summed E-state index contributed by atoms with van der Waals surface area (Å²) in [5, 5.41) is 30.2. The van der Waals surface area contributed by atoms with Crippen molar-refractivity contribution in [1.82, 2.24) is 24.7 Å². The highest BCUT2D eigenvalue weighted by Crippen LogP contribution is 2.38. The van der Waals surface area contributed by atoms with Crippen molar-refractivity contribution in [2.24, 2.45) is 0 Å². The molecule has 1 aliphatic carbocycles. The van der Waals surface area contributed by atoms with Crippen molar-refractivity contribution in [1.29, 1.82) is 0 Å².